The number of aromatic nitrogens is 3. The first kappa shape index (κ1) is 15.9. The number of aryl methyl sites for hydroxylation is 1. The number of carbonyl (C=O) groups is 1. The fourth-order valence-electron chi connectivity index (χ4n) is 3.74. The molecule has 2 aromatic rings. The maximum absolute atomic E-state index is 11.2. The molecular formula is C17H20N4O4. The highest BCUT2D eigenvalue weighted by Crippen LogP contribution is 2.37. The van der Waals surface area contributed by atoms with Gasteiger partial charge in [-0.05, 0) is 36.1 Å². The molecule has 0 spiro atoms. The summed E-state index contributed by atoms with van der Waals surface area (Å²) in [6.07, 6.45) is 1.82. The number of benzene rings is 1. The smallest absolute Gasteiger partial charge is 0.303 e. The van der Waals surface area contributed by atoms with E-state index >= 15 is 0 Å². The molecule has 1 saturated heterocycles. The van der Waals surface area contributed by atoms with Crippen LogP contribution in [0, 0.1) is 12.8 Å². The molecule has 1 aromatic heterocycles. The molecule has 2 N–H and O–H groups in total. The van der Waals surface area contributed by atoms with Gasteiger partial charge in [0.05, 0.1) is 18.3 Å². The Labute approximate surface area is 144 Å². The summed E-state index contributed by atoms with van der Waals surface area (Å²) in [4.78, 5) is 13.5. The SMILES string of the molecule is Cc1cc2c(cc1CN1C[C@@H](CC(=O)O)[C@@H](c3cn[nH]n3)C1)OCO2. The van der Waals surface area contributed by atoms with Gasteiger partial charge in [-0.15, -0.1) is 0 Å². The van der Waals surface area contributed by atoms with Crippen molar-refractivity contribution in [2.75, 3.05) is 19.9 Å². The average Bonchev–Trinajstić information content (AvgIpc) is 3.27. The highest BCUT2D eigenvalue weighted by Gasteiger charge is 2.36. The van der Waals surface area contributed by atoms with Crippen molar-refractivity contribution < 1.29 is 19.4 Å². The lowest BCUT2D eigenvalue weighted by Crippen LogP contribution is -2.21. The standard InChI is InChI=1S/C17H20N4O4/c1-10-2-15-16(25-9-24-15)3-11(10)6-21-7-12(4-17(22)23)13(8-21)14-5-18-20-19-14/h2-3,5,12-13H,4,6-9H2,1H3,(H,22,23)(H,18,19,20)/t12-,13+/m1/s1. The first-order valence-corrected chi connectivity index (χ1v) is 8.29. The van der Waals surface area contributed by atoms with Crippen molar-refractivity contribution >= 4 is 5.97 Å². The van der Waals surface area contributed by atoms with E-state index in [1.165, 1.54) is 5.56 Å². The van der Waals surface area contributed by atoms with Gasteiger partial charge >= 0.3 is 5.97 Å². The maximum atomic E-state index is 11.2. The van der Waals surface area contributed by atoms with Crippen molar-refractivity contribution in [1.29, 1.82) is 0 Å². The van der Waals surface area contributed by atoms with E-state index in [9.17, 15) is 9.90 Å². The van der Waals surface area contributed by atoms with Gasteiger partial charge < -0.3 is 14.6 Å². The number of aliphatic carboxylic acids is 1. The molecule has 0 aliphatic carbocycles. The van der Waals surface area contributed by atoms with Gasteiger partial charge in [-0.3, -0.25) is 9.69 Å². The van der Waals surface area contributed by atoms with Crippen LogP contribution in [0.1, 0.15) is 29.2 Å². The number of fused-ring (bicyclic) bond motifs is 1. The summed E-state index contributed by atoms with van der Waals surface area (Å²) < 4.78 is 10.9. The molecule has 0 saturated carbocycles. The third-order valence-electron chi connectivity index (χ3n) is 4.99. The summed E-state index contributed by atoms with van der Waals surface area (Å²) in [5, 5.41) is 19.9. The number of aromatic amines is 1. The lowest BCUT2D eigenvalue weighted by molar-refractivity contribution is -0.138. The third-order valence-corrected chi connectivity index (χ3v) is 4.99. The lowest BCUT2D eigenvalue weighted by atomic mass is 9.91. The highest BCUT2D eigenvalue weighted by atomic mass is 16.7. The molecule has 1 fully saturated rings. The molecule has 4 rings (SSSR count). The number of nitrogens with one attached hydrogen (secondary N) is 1. The summed E-state index contributed by atoms with van der Waals surface area (Å²) in [6.45, 7) is 4.54. The Hall–Kier alpha value is -2.61. The first-order chi connectivity index (χ1) is 12.1. The monoisotopic (exact) mass is 344 g/mol. The molecule has 8 nitrogen and oxygen atoms in total. The van der Waals surface area contributed by atoms with E-state index in [4.69, 9.17) is 9.47 Å². The second-order valence-corrected chi connectivity index (χ2v) is 6.69. The molecule has 0 amide bonds. The van der Waals surface area contributed by atoms with Crippen molar-refractivity contribution in [3.8, 4) is 11.5 Å². The molecule has 2 aliphatic heterocycles. The van der Waals surface area contributed by atoms with Crippen molar-refractivity contribution in [3.05, 3.63) is 35.2 Å². The van der Waals surface area contributed by atoms with Crippen LogP contribution >= 0.6 is 0 Å². The zero-order chi connectivity index (χ0) is 17.4. The van der Waals surface area contributed by atoms with Crippen LogP contribution in [0.4, 0.5) is 0 Å². The molecule has 132 valence electrons. The normalized spacial score (nSPS) is 22.4. The second-order valence-electron chi connectivity index (χ2n) is 6.69. The molecule has 0 bridgehead atoms. The second kappa shape index (κ2) is 6.36. The van der Waals surface area contributed by atoms with E-state index in [0.717, 1.165) is 42.4 Å². The van der Waals surface area contributed by atoms with Crippen LogP contribution in [0.2, 0.25) is 0 Å². The maximum Gasteiger partial charge on any atom is 0.303 e. The van der Waals surface area contributed by atoms with Crippen LogP contribution in [-0.4, -0.2) is 51.3 Å². The van der Waals surface area contributed by atoms with Crippen molar-refractivity contribution in [2.24, 2.45) is 5.92 Å². The van der Waals surface area contributed by atoms with Gasteiger partial charge in [-0.2, -0.15) is 15.4 Å². The first-order valence-electron chi connectivity index (χ1n) is 8.29. The quantitative estimate of drug-likeness (QED) is 0.848. The molecule has 1 aromatic carbocycles. The minimum Gasteiger partial charge on any atom is -0.481 e. The van der Waals surface area contributed by atoms with Crippen molar-refractivity contribution in [3.63, 3.8) is 0 Å². The van der Waals surface area contributed by atoms with Crippen LogP contribution in [0.15, 0.2) is 18.3 Å². The van der Waals surface area contributed by atoms with E-state index < -0.39 is 5.97 Å². The zero-order valence-electron chi connectivity index (χ0n) is 13.9. The Kier molecular flexibility index (Phi) is 4.04. The number of H-pyrrole nitrogens is 1. The van der Waals surface area contributed by atoms with Gasteiger partial charge in [-0.25, -0.2) is 0 Å². The fourth-order valence-corrected chi connectivity index (χ4v) is 3.74. The minimum atomic E-state index is -0.778. The molecule has 3 heterocycles. The van der Waals surface area contributed by atoms with Crippen LogP contribution < -0.4 is 9.47 Å². The average molecular weight is 344 g/mol. The van der Waals surface area contributed by atoms with Gasteiger partial charge in [0.1, 0.15) is 0 Å². The van der Waals surface area contributed by atoms with E-state index in [-0.39, 0.29) is 25.0 Å². The van der Waals surface area contributed by atoms with Crippen LogP contribution in [0.25, 0.3) is 0 Å². The minimum absolute atomic E-state index is 0.0249. The number of rotatable bonds is 5. The number of carboxylic acid groups (broad SMARTS) is 1. The van der Waals surface area contributed by atoms with Gasteiger partial charge in [0, 0.05) is 25.6 Å². The predicted molar refractivity (Wildman–Crippen MR) is 87.4 cm³/mol. The highest BCUT2D eigenvalue weighted by molar-refractivity contribution is 5.67. The molecule has 25 heavy (non-hydrogen) atoms. The van der Waals surface area contributed by atoms with Crippen LogP contribution in [0.5, 0.6) is 11.5 Å². The van der Waals surface area contributed by atoms with E-state index in [2.05, 4.69) is 27.2 Å². The van der Waals surface area contributed by atoms with Gasteiger partial charge in [0.15, 0.2) is 11.5 Å². The number of hydrogen-bond acceptors (Lipinski definition) is 6. The van der Waals surface area contributed by atoms with Crippen LogP contribution in [-0.2, 0) is 11.3 Å². The number of nitrogens with zero attached hydrogens (tertiary/aromatic N) is 3. The summed E-state index contributed by atoms with van der Waals surface area (Å²) in [6, 6.07) is 4.02. The Morgan fingerprint density at radius 2 is 2.16 bits per heavy atom. The molecule has 8 heteroatoms. The Balaban J connectivity index is 1.52. The van der Waals surface area contributed by atoms with Gasteiger partial charge in [0.2, 0.25) is 6.79 Å². The lowest BCUT2D eigenvalue weighted by Gasteiger charge is -2.17. The topological polar surface area (TPSA) is 101 Å². The van der Waals surface area contributed by atoms with Crippen molar-refractivity contribution in [1.82, 2.24) is 20.3 Å². The van der Waals surface area contributed by atoms with Gasteiger partial charge in [0.25, 0.3) is 0 Å². The van der Waals surface area contributed by atoms with E-state index in [1.807, 2.05) is 12.1 Å². The Morgan fingerprint density at radius 3 is 2.88 bits per heavy atom. The Morgan fingerprint density at radius 1 is 1.36 bits per heavy atom. The van der Waals surface area contributed by atoms with E-state index in [0.29, 0.717) is 0 Å². The predicted octanol–water partition coefficient (Wildman–Crippen LogP) is 1.53. The molecule has 0 radical (unpaired) electrons. The summed E-state index contributed by atoms with van der Waals surface area (Å²) in [7, 11) is 0. The fraction of sp³-hybridized carbons (Fsp3) is 0.471. The van der Waals surface area contributed by atoms with Crippen LogP contribution in [0.3, 0.4) is 0 Å². The molecular weight excluding hydrogens is 324 g/mol. The molecule has 2 aliphatic rings. The third kappa shape index (κ3) is 3.17. The van der Waals surface area contributed by atoms with E-state index in [1.54, 1.807) is 6.20 Å². The van der Waals surface area contributed by atoms with Crippen molar-refractivity contribution in [2.45, 2.75) is 25.8 Å². The zero-order valence-corrected chi connectivity index (χ0v) is 13.9. The number of hydrogen-bond donors (Lipinski definition) is 2. The molecule has 2 atom stereocenters. The van der Waals surface area contributed by atoms with Gasteiger partial charge in [-0.1, -0.05) is 0 Å². The number of ether oxygens (including phenoxy) is 2. The Bertz CT molecular complexity index is 777. The summed E-state index contributed by atoms with van der Waals surface area (Å²) >= 11 is 0. The molecule has 0 unspecified atom stereocenters. The summed E-state index contributed by atoms with van der Waals surface area (Å²) in [5.74, 6) is 0.877. The number of carboxylic acids is 1. The summed E-state index contributed by atoms with van der Waals surface area (Å²) in [5.41, 5.74) is 3.14. The number of likely N-dealkylation sites (tertiary alicyclic amines) is 1. The largest absolute Gasteiger partial charge is 0.481 e.